The summed E-state index contributed by atoms with van der Waals surface area (Å²) in [5, 5.41) is 10.2. The molecule has 2 amide bonds. The summed E-state index contributed by atoms with van der Waals surface area (Å²) in [4.78, 5) is 29.9. The van der Waals surface area contributed by atoms with Gasteiger partial charge in [-0.15, -0.1) is 0 Å². The van der Waals surface area contributed by atoms with Crippen LogP contribution in [0, 0.1) is 11.8 Å². The number of benzene rings is 2. The Bertz CT molecular complexity index is 963. The molecule has 1 heterocycles. The van der Waals surface area contributed by atoms with E-state index in [0.717, 1.165) is 18.8 Å². The molecule has 2 N–H and O–H groups in total. The summed E-state index contributed by atoms with van der Waals surface area (Å²) in [6.45, 7) is 2.67. The molecule has 2 aliphatic rings. The van der Waals surface area contributed by atoms with Gasteiger partial charge in [-0.1, -0.05) is 41.4 Å². The lowest BCUT2D eigenvalue weighted by atomic mass is 9.76. The van der Waals surface area contributed by atoms with Crippen molar-refractivity contribution in [2.75, 3.05) is 31.1 Å². The number of carbonyl (C=O) groups excluding carboxylic acids is 2. The van der Waals surface area contributed by atoms with Crippen LogP contribution in [0.4, 0.5) is 5.69 Å². The first-order chi connectivity index (χ1) is 15.9. The van der Waals surface area contributed by atoms with Gasteiger partial charge >= 0.3 is 0 Å². The van der Waals surface area contributed by atoms with E-state index in [9.17, 15) is 14.8 Å². The quantitative estimate of drug-likeness (QED) is 0.487. The molecule has 0 spiro atoms. The number of rotatable bonds is 5. The number of nitrogens with one attached hydrogen (secondary N) is 1. The second-order valence-electron chi connectivity index (χ2n) is 8.49. The Hall–Kier alpha value is -2.48. The predicted molar refractivity (Wildman–Crippen MR) is 127 cm³/mol. The number of para-hydroxylation sites is 1. The second kappa shape index (κ2) is 10.6. The van der Waals surface area contributed by atoms with Crippen LogP contribution in [0.25, 0.3) is 0 Å². The molecule has 1 aliphatic carbocycles. The first kappa shape index (κ1) is 23.7. The van der Waals surface area contributed by atoms with Crippen LogP contribution >= 0.6 is 23.2 Å². The summed E-state index contributed by atoms with van der Waals surface area (Å²) in [5.41, 5.74) is 2.88. The first-order valence-corrected chi connectivity index (χ1v) is 11.9. The molecule has 2 aromatic rings. The predicted octanol–water partition coefficient (Wildman–Crippen LogP) is 4.01. The lowest BCUT2D eigenvalue weighted by Crippen LogP contribution is -2.53. The van der Waals surface area contributed by atoms with E-state index in [2.05, 4.69) is 17.0 Å². The van der Waals surface area contributed by atoms with Gasteiger partial charge in [0, 0.05) is 41.9 Å². The average molecular weight is 492 g/mol. The Morgan fingerprint density at radius 2 is 1.61 bits per heavy atom. The van der Waals surface area contributed by atoms with Gasteiger partial charge in [0.2, 0.25) is 11.8 Å². The molecule has 0 bridgehead atoms. The smallest absolute Gasteiger partial charge is 0.247 e. The zero-order chi connectivity index (χ0) is 23.4. The fourth-order valence-electron chi connectivity index (χ4n) is 4.75. The molecule has 176 valence electrons. The standard InChI is InChI=1S/C24H27Cl2N3O4/c25-16-12-17(26)14-20(13-16)33-19-6-7-21(22(15-19)23(30)27-32)24(31)29-10-8-28(9-11-29)18-4-2-1-3-5-18/h1-5,12-14,19,21-22,32H,6-11,15H2,(H,27,30)/t19-,21+,22+/m1/s1. The van der Waals surface area contributed by atoms with E-state index in [1.807, 2.05) is 23.1 Å². The minimum absolute atomic E-state index is 0.0411. The Labute approximate surface area is 203 Å². The largest absolute Gasteiger partial charge is 0.490 e. The monoisotopic (exact) mass is 491 g/mol. The van der Waals surface area contributed by atoms with Crippen LogP contribution in [0.5, 0.6) is 5.75 Å². The number of nitrogens with zero attached hydrogens (tertiary/aromatic N) is 2. The molecule has 0 unspecified atom stereocenters. The minimum atomic E-state index is -0.678. The fraction of sp³-hybridized carbons (Fsp3) is 0.417. The molecule has 9 heteroatoms. The molecule has 0 aromatic heterocycles. The molecule has 4 rings (SSSR count). The number of carbonyl (C=O) groups is 2. The van der Waals surface area contributed by atoms with Crippen molar-refractivity contribution in [3.63, 3.8) is 0 Å². The van der Waals surface area contributed by atoms with Crippen LogP contribution in [-0.4, -0.2) is 54.2 Å². The third-order valence-electron chi connectivity index (χ3n) is 6.42. The van der Waals surface area contributed by atoms with E-state index in [4.69, 9.17) is 27.9 Å². The number of piperazine rings is 1. The highest BCUT2D eigenvalue weighted by Gasteiger charge is 2.42. The maximum Gasteiger partial charge on any atom is 0.247 e. The van der Waals surface area contributed by atoms with Crippen molar-refractivity contribution in [2.24, 2.45) is 11.8 Å². The van der Waals surface area contributed by atoms with Crippen LogP contribution in [0.3, 0.4) is 0 Å². The van der Waals surface area contributed by atoms with Crippen LogP contribution in [0.15, 0.2) is 48.5 Å². The summed E-state index contributed by atoms with van der Waals surface area (Å²) in [5.74, 6) is -1.26. The average Bonchev–Trinajstić information content (AvgIpc) is 2.83. The first-order valence-electron chi connectivity index (χ1n) is 11.1. The summed E-state index contributed by atoms with van der Waals surface area (Å²) in [7, 11) is 0. The van der Waals surface area contributed by atoms with Gasteiger partial charge in [-0.25, -0.2) is 5.48 Å². The van der Waals surface area contributed by atoms with Gasteiger partial charge in [-0.05, 0) is 49.6 Å². The van der Waals surface area contributed by atoms with E-state index in [1.165, 1.54) is 0 Å². The third-order valence-corrected chi connectivity index (χ3v) is 6.85. The van der Waals surface area contributed by atoms with Crippen molar-refractivity contribution in [2.45, 2.75) is 25.4 Å². The van der Waals surface area contributed by atoms with Gasteiger partial charge in [0.15, 0.2) is 0 Å². The Balaban J connectivity index is 1.39. The van der Waals surface area contributed by atoms with E-state index in [-0.39, 0.29) is 12.0 Å². The summed E-state index contributed by atoms with van der Waals surface area (Å²) in [6, 6.07) is 15.1. The lowest BCUT2D eigenvalue weighted by Gasteiger charge is -2.40. The van der Waals surface area contributed by atoms with Gasteiger partial charge in [0.1, 0.15) is 5.75 Å². The van der Waals surface area contributed by atoms with Crippen molar-refractivity contribution in [3.05, 3.63) is 58.6 Å². The Morgan fingerprint density at radius 1 is 0.939 bits per heavy atom. The summed E-state index contributed by atoms with van der Waals surface area (Å²) >= 11 is 12.1. The van der Waals surface area contributed by atoms with Crippen molar-refractivity contribution < 1.29 is 19.5 Å². The lowest BCUT2D eigenvalue weighted by molar-refractivity contribution is -0.148. The molecule has 0 radical (unpaired) electrons. The zero-order valence-corrected chi connectivity index (χ0v) is 19.6. The van der Waals surface area contributed by atoms with Crippen LogP contribution in [0.2, 0.25) is 10.0 Å². The van der Waals surface area contributed by atoms with Gasteiger partial charge in [-0.3, -0.25) is 14.8 Å². The number of amides is 2. The molecular weight excluding hydrogens is 465 g/mol. The summed E-state index contributed by atoms with van der Waals surface area (Å²) < 4.78 is 6.02. The zero-order valence-electron chi connectivity index (χ0n) is 18.1. The SMILES string of the molecule is O=C(NO)[C@H]1C[C@H](Oc2cc(Cl)cc(Cl)c2)CC[C@@H]1C(=O)N1CCN(c2ccccc2)CC1. The van der Waals surface area contributed by atoms with Crippen molar-refractivity contribution in [3.8, 4) is 5.75 Å². The molecule has 3 atom stereocenters. The molecule has 7 nitrogen and oxygen atoms in total. The highest BCUT2D eigenvalue weighted by atomic mass is 35.5. The molecule has 1 saturated heterocycles. The normalized spacial score (nSPS) is 23.2. The van der Waals surface area contributed by atoms with E-state index in [1.54, 1.807) is 23.7 Å². The number of halogens is 2. The number of hydrogen-bond donors (Lipinski definition) is 2. The van der Waals surface area contributed by atoms with Crippen LogP contribution < -0.4 is 15.1 Å². The minimum Gasteiger partial charge on any atom is -0.490 e. The van der Waals surface area contributed by atoms with E-state index < -0.39 is 17.7 Å². The number of hydroxylamine groups is 1. The highest BCUT2D eigenvalue weighted by molar-refractivity contribution is 6.34. The topological polar surface area (TPSA) is 82.1 Å². The van der Waals surface area contributed by atoms with Gasteiger partial charge in [0.25, 0.3) is 0 Å². The Kier molecular flexibility index (Phi) is 7.63. The maximum atomic E-state index is 13.4. The molecule has 2 fully saturated rings. The number of anilines is 1. The van der Waals surface area contributed by atoms with Gasteiger partial charge in [-0.2, -0.15) is 0 Å². The fourth-order valence-corrected chi connectivity index (χ4v) is 5.26. The number of hydrogen-bond acceptors (Lipinski definition) is 5. The van der Waals surface area contributed by atoms with Crippen molar-refractivity contribution in [1.82, 2.24) is 10.4 Å². The third kappa shape index (κ3) is 5.72. The molecule has 2 aromatic carbocycles. The molecule has 1 aliphatic heterocycles. The second-order valence-corrected chi connectivity index (χ2v) is 9.37. The van der Waals surface area contributed by atoms with E-state index >= 15 is 0 Å². The van der Waals surface area contributed by atoms with Crippen molar-refractivity contribution >= 4 is 40.7 Å². The molecular formula is C24H27Cl2N3O4. The van der Waals surface area contributed by atoms with Gasteiger partial charge in [0.05, 0.1) is 17.9 Å². The Morgan fingerprint density at radius 3 is 2.24 bits per heavy atom. The molecule has 1 saturated carbocycles. The van der Waals surface area contributed by atoms with Crippen LogP contribution in [0.1, 0.15) is 19.3 Å². The van der Waals surface area contributed by atoms with Crippen molar-refractivity contribution in [1.29, 1.82) is 0 Å². The highest BCUT2D eigenvalue weighted by Crippen LogP contribution is 2.35. The van der Waals surface area contributed by atoms with Crippen LogP contribution in [-0.2, 0) is 9.59 Å². The summed E-state index contributed by atoms with van der Waals surface area (Å²) in [6.07, 6.45) is 1.13. The van der Waals surface area contributed by atoms with Gasteiger partial charge < -0.3 is 14.5 Å². The number of ether oxygens (including phenoxy) is 1. The molecule has 33 heavy (non-hydrogen) atoms. The maximum absolute atomic E-state index is 13.4. The van der Waals surface area contributed by atoms with E-state index in [0.29, 0.717) is 48.1 Å².